The highest BCUT2D eigenvalue weighted by atomic mass is 19.1. The van der Waals surface area contributed by atoms with E-state index in [2.05, 4.69) is 5.32 Å². The van der Waals surface area contributed by atoms with Crippen LogP contribution in [0.1, 0.15) is 15.9 Å². The van der Waals surface area contributed by atoms with Gasteiger partial charge in [0.25, 0.3) is 5.91 Å². The summed E-state index contributed by atoms with van der Waals surface area (Å²) in [5.74, 6) is -1.12. The number of carbonyl (C=O) groups is 2. The lowest BCUT2D eigenvalue weighted by Crippen LogP contribution is -2.05. The minimum Gasteiger partial charge on any atom is -0.321 e. The molecule has 3 rings (SSSR count). The maximum Gasteiger partial charge on any atom is 0.256 e. The van der Waals surface area contributed by atoms with E-state index in [1.165, 1.54) is 24.3 Å². The van der Waals surface area contributed by atoms with E-state index < -0.39 is 11.7 Å². The highest BCUT2D eigenvalue weighted by Gasteiger charge is 2.25. The van der Waals surface area contributed by atoms with Gasteiger partial charge in [0.2, 0.25) is 0 Å². The van der Waals surface area contributed by atoms with Gasteiger partial charge in [0.1, 0.15) is 5.82 Å². The van der Waals surface area contributed by atoms with E-state index in [9.17, 15) is 14.0 Å². The first kappa shape index (κ1) is 12.3. The van der Waals surface area contributed by atoms with Crippen LogP contribution in [0.2, 0.25) is 0 Å². The maximum absolute atomic E-state index is 13.3. The Morgan fingerprint density at radius 2 is 1.85 bits per heavy atom. The van der Waals surface area contributed by atoms with Gasteiger partial charge in [-0.15, -0.1) is 0 Å². The number of ketones is 1. The number of carbonyl (C=O) groups excluding carboxylic acids is 2. The average Bonchev–Trinajstić information content (AvgIpc) is 2.76. The molecule has 0 fully saturated rings. The molecule has 0 radical (unpaired) electrons. The predicted octanol–water partition coefficient (Wildman–Crippen LogP) is 3.04. The fourth-order valence-electron chi connectivity index (χ4n) is 2.12. The SMILES string of the molecule is O=C1Nc2ccc(F)cc2/C1=C\C(=O)c1ccccc1. The average molecular weight is 267 g/mol. The van der Waals surface area contributed by atoms with Crippen molar-refractivity contribution in [2.24, 2.45) is 0 Å². The molecule has 2 aromatic rings. The van der Waals surface area contributed by atoms with Gasteiger partial charge >= 0.3 is 0 Å². The Kier molecular flexibility index (Phi) is 2.91. The second-order valence-electron chi connectivity index (χ2n) is 4.43. The van der Waals surface area contributed by atoms with Crippen LogP contribution in [0.5, 0.6) is 0 Å². The minimum absolute atomic E-state index is 0.188. The Bertz CT molecular complexity index is 735. The fraction of sp³-hybridized carbons (Fsp3) is 0. The van der Waals surface area contributed by atoms with Gasteiger partial charge in [0, 0.05) is 16.8 Å². The molecule has 2 aromatic carbocycles. The molecule has 98 valence electrons. The molecule has 0 atom stereocenters. The summed E-state index contributed by atoms with van der Waals surface area (Å²) in [7, 11) is 0. The van der Waals surface area contributed by atoms with Gasteiger partial charge in [-0.3, -0.25) is 9.59 Å². The van der Waals surface area contributed by atoms with E-state index in [1.54, 1.807) is 30.3 Å². The molecule has 1 aliphatic heterocycles. The molecule has 3 nitrogen and oxygen atoms in total. The zero-order chi connectivity index (χ0) is 14.1. The van der Waals surface area contributed by atoms with Gasteiger partial charge in [-0.25, -0.2) is 4.39 Å². The lowest BCUT2D eigenvalue weighted by Gasteiger charge is -1.99. The Labute approximate surface area is 114 Å². The molecule has 4 heteroatoms. The van der Waals surface area contributed by atoms with Crippen molar-refractivity contribution in [1.29, 1.82) is 0 Å². The second-order valence-corrected chi connectivity index (χ2v) is 4.43. The van der Waals surface area contributed by atoms with E-state index in [0.717, 1.165) is 0 Å². The summed E-state index contributed by atoms with van der Waals surface area (Å²) >= 11 is 0. The van der Waals surface area contributed by atoms with Gasteiger partial charge in [-0.2, -0.15) is 0 Å². The standard InChI is InChI=1S/C16H10FNO2/c17-11-6-7-14-12(8-11)13(16(20)18-14)9-15(19)10-4-2-1-3-5-10/h1-9H,(H,18,20)/b13-9+. The van der Waals surface area contributed by atoms with Crippen LogP contribution in [0, 0.1) is 5.82 Å². The lowest BCUT2D eigenvalue weighted by atomic mass is 10.0. The summed E-state index contributed by atoms with van der Waals surface area (Å²) < 4.78 is 13.3. The van der Waals surface area contributed by atoms with Crippen LogP contribution in [0.25, 0.3) is 5.57 Å². The van der Waals surface area contributed by atoms with Crippen LogP contribution in [-0.2, 0) is 4.79 Å². The van der Waals surface area contributed by atoms with Crippen molar-refractivity contribution >= 4 is 23.0 Å². The van der Waals surface area contributed by atoms with E-state index >= 15 is 0 Å². The molecule has 0 spiro atoms. The molecular formula is C16H10FNO2. The van der Waals surface area contributed by atoms with Crippen molar-refractivity contribution in [3.8, 4) is 0 Å². The van der Waals surface area contributed by atoms with Crippen molar-refractivity contribution in [2.45, 2.75) is 0 Å². The molecule has 20 heavy (non-hydrogen) atoms. The van der Waals surface area contributed by atoms with Crippen molar-refractivity contribution in [3.63, 3.8) is 0 Å². The molecule has 1 aliphatic rings. The quantitative estimate of drug-likeness (QED) is 0.671. The monoisotopic (exact) mass is 267 g/mol. The molecule has 0 aliphatic carbocycles. The summed E-state index contributed by atoms with van der Waals surface area (Å²) in [5.41, 5.74) is 1.61. The molecule has 0 unspecified atom stereocenters. The number of hydrogen-bond donors (Lipinski definition) is 1. The van der Waals surface area contributed by atoms with Crippen LogP contribution in [0.3, 0.4) is 0 Å². The number of anilines is 1. The first-order chi connectivity index (χ1) is 9.65. The molecular weight excluding hydrogens is 257 g/mol. The van der Waals surface area contributed by atoms with E-state index in [1.807, 2.05) is 0 Å². The normalized spacial score (nSPS) is 15.1. The van der Waals surface area contributed by atoms with Crippen LogP contribution >= 0.6 is 0 Å². The number of halogens is 1. The Morgan fingerprint density at radius 1 is 1.10 bits per heavy atom. The van der Waals surface area contributed by atoms with Crippen LogP contribution in [-0.4, -0.2) is 11.7 Å². The summed E-state index contributed by atoms with van der Waals surface area (Å²) in [5, 5.41) is 2.61. The maximum atomic E-state index is 13.3. The minimum atomic E-state index is -0.446. The Balaban J connectivity index is 2.03. The second kappa shape index (κ2) is 4.74. The van der Waals surface area contributed by atoms with Gasteiger partial charge in [-0.1, -0.05) is 30.3 Å². The number of nitrogens with one attached hydrogen (secondary N) is 1. The smallest absolute Gasteiger partial charge is 0.256 e. The van der Waals surface area contributed by atoms with Gasteiger partial charge in [0.05, 0.1) is 5.57 Å². The third kappa shape index (κ3) is 2.12. The molecule has 0 saturated heterocycles. The van der Waals surface area contributed by atoms with E-state index in [0.29, 0.717) is 16.8 Å². The number of amides is 1. The Hall–Kier alpha value is -2.75. The number of fused-ring (bicyclic) bond motifs is 1. The Morgan fingerprint density at radius 3 is 2.60 bits per heavy atom. The summed E-state index contributed by atoms with van der Waals surface area (Å²) in [6.07, 6.45) is 1.25. The first-order valence-electron chi connectivity index (χ1n) is 6.07. The zero-order valence-corrected chi connectivity index (χ0v) is 10.4. The molecule has 0 bridgehead atoms. The fourth-order valence-corrected chi connectivity index (χ4v) is 2.12. The van der Waals surface area contributed by atoms with E-state index in [-0.39, 0.29) is 11.4 Å². The molecule has 0 aromatic heterocycles. The van der Waals surface area contributed by atoms with Crippen LogP contribution < -0.4 is 5.32 Å². The molecule has 1 amide bonds. The van der Waals surface area contributed by atoms with Crippen molar-refractivity contribution in [3.05, 3.63) is 71.6 Å². The van der Waals surface area contributed by atoms with Gasteiger partial charge in [-0.05, 0) is 24.3 Å². The summed E-state index contributed by atoms with van der Waals surface area (Å²) in [4.78, 5) is 23.9. The van der Waals surface area contributed by atoms with Crippen molar-refractivity contribution in [1.82, 2.24) is 0 Å². The van der Waals surface area contributed by atoms with E-state index in [4.69, 9.17) is 0 Å². The molecule has 0 saturated carbocycles. The largest absolute Gasteiger partial charge is 0.321 e. The highest BCUT2D eigenvalue weighted by Crippen LogP contribution is 2.32. The topological polar surface area (TPSA) is 46.2 Å². The zero-order valence-electron chi connectivity index (χ0n) is 10.4. The third-order valence-electron chi connectivity index (χ3n) is 3.10. The predicted molar refractivity (Wildman–Crippen MR) is 73.8 cm³/mol. The number of allylic oxidation sites excluding steroid dienone is 1. The molecule has 1 N–H and O–H groups in total. The van der Waals surface area contributed by atoms with Crippen LogP contribution in [0.4, 0.5) is 10.1 Å². The summed E-state index contributed by atoms with van der Waals surface area (Å²) in [6, 6.07) is 12.6. The first-order valence-corrected chi connectivity index (χ1v) is 6.07. The van der Waals surface area contributed by atoms with Gasteiger partial charge < -0.3 is 5.32 Å². The van der Waals surface area contributed by atoms with Crippen molar-refractivity contribution < 1.29 is 14.0 Å². The van der Waals surface area contributed by atoms with Crippen molar-refractivity contribution in [2.75, 3.05) is 5.32 Å². The number of rotatable bonds is 2. The van der Waals surface area contributed by atoms with Crippen LogP contribution in [0.15, 0.2) is 54.6 Å². The third-order valence-corrected chi connectivity index (χ3v) is 3.10. The molecule has 1 heterocycles. The summed E-state index contributed by atoms with van der Waals surface area (Å²) in [6.45, 7) is 0. The highest BCUT2D eigenvalue weighted by molar-refractivity contribution is 6.35. The lowest BCUT2D eigenvalue weighted by molar-refractivity contribution is -0.110. The van der Waals surface area contributed by atoms with Gasteiger partial charge in [0.15, 0.2) is 5.78 Å². The number of benzene rings is 2. The number of hydrogen-bond acceptors (Lipinski definition) is 2.